The number of para-hydroxylation sites is 1. The van der Waals surface area contributed by atoms with Crippen LogP contribution in [0, 0.1) is 5.92 Å². The van der Waals surface area contributed by atoms with Gasteiger partial charge in [0.25, 0.3) is 10.0 Å². The Morgan fingerprint density at radius 1 is 0.825 bits per heavy atom. The number of aromatic nitrogens is 2. The number of nitrogens with zero attached hydrogens (tertiary/aromatic N) is 4. The minimum Gasteiger partial charge on any atom is -0.300 e. The quantitative estimate of drug-likeness (QED) is 0.241. The Balaban J connectivity index is 1.28. The molecule has 1 aliphatic heterocycles. The first-order chi connectivity index (χ1) is 19.6. The molecule has 1 aliphatic carbocycles. The molecule has 0 N–H and O–H groups in total. The molecule has 1 saturated heterocycles. The monoisotopic (exact) mass is 556 g/mol. The molecule has 0 amide bonds. The van der Waals surface area contributed by atoms with E-state index < -0.39 is 10.0 Å². The maximum atomic E-state index is 13.7. The summed E-state index contributed by atoms with van der Waals surface area (Å²) in [6.07, 6.45) is 13.0. The van der Waals surface area contributed by atoms with Gasteiger partial charge in [-0.1, -0.05) is 61.7 Å². The lowest BCUT2D eigenvalue weighted by Gasteiger charge is -2.41. The summed E-state index contributed by atoms with van der Waals surface area (Å²) in [7, 11) is -3.71. The fourth-order valence-corrected chi connectivity index (χ4v) is 8.20. The van der Waals surface area contributed by atoms with Crippen molar-refractivity contribution in [3.8, 4) is 0 Å². The van der Waals surface area contributed by atoms with Crippen molar-refractivity contribution in [2.75, 3.05) is 19.6 Å². The summed E-state index contributed by atoms with van der Waals surface area (Å²) in [6.45, 7) is 4.78. The zero-order chi connectivity index (χ0) is 27.4. The highest BCUT2D eigenvalue weighted by atomic mass is 32.2. The first-order valence-corrected chi connectivity index (χ1v) is 16.3. The molecule has 0 bridgehead atoms. The van der Waals surface area contributed by atoms with Gasteiger partial charge >= 0.3 is 0 Å². The Hall–Kier alpha value is -3.00. The summed E-state index contributed by atoms with van der Waals surface area (Å²) in [5.74, 6) is 0.598. The number of likely N-dealkylation sites (tertiary alicyclic amines) is 1. The molecule has 6 nitrogen and oxygen atoms in total. The van der Waals surface area contributed by atoms with Crippen molar-refractivity contribution in [2.24, 2.45) is 5.92 Å². The molecule has 4 aromatic rings. The van der Waals surface area contributed by atoms with Gasteiger partial charge in [-0.2, -0.15) is 0 Å². The topological polar surface area (TPSA) is 58.4 Å². The third-order valence-corrected chi connectivity index (χ3v) is 10.4. The minimum atomic E-state index is -3.71. The molecule has 1 saturated carbocycles. The largest absolute Gasteiger partial charge is 0.300 e. The summed E-state index contributed by atoms with van der Waals surface area (Å²) >= 11 is 0. The molecular weight excluding hydrogens is 516 g/mol. The Kier molecular flexibility index (Phi) is 8.32. The van der Waals surface area contributed by atoms with Crippen molar-refractivity contribution < 1.29 is 8.42 Å². The molecule has 2 fully saturated rings. The van der Waals surface area contributed by atoms with Gasteiger partial charge in [0.2, 0.25) is 0 Å². The zero-order valence-electron chi connectivity index (χ0n) is 23.2. The molecule has 1 atom stereocenters. The second-order valence-electron chi connectivity index (χ2n) is 11.6. The number of piperidine rings is 1. The van der Waals surface area contributed by atoms with Crippen LogP contribution >= 0.6 is 0 Å². The van der Waals surface area contributed by atoms with E-state index in [0.717, 1.165) is 47.8 Å². The van der Waals surface area contributed by atoms with Gasteiger partial charge in [0.05, 0.1) is 16.1 Å². The summed E-state index contributed by atoms with van der Waals surface area (Å²) < 4.78 is 28.8. The Morgan fingerprint density at radius 3 is 2.40 bits per heavy atom. The maximum Gasteiger partial charge on any atom is 0.268 e. The van der Waals surface area contributed by atoms with Gasteiger partial charge in [-0.3, -0.25) is 9.88 Å². The lowest BCUT2D eigenvalue weighted by Crippen LogP contribution is -2.46. The zero-order valence-corrected chi connectivity index (χ0v) is 24.1. The number of pyridine rings is 1. The van der Waals surface area contributed by atoms with E-state index >= 15 is 0 Å². The minimum absolute atomic E-state index is 0.303. The number of fused-ring (bicyclic) bond motifs is 1. The van der Waals surface area contributed by atoms with E-state index in [0.29, 0.717) is 17.4 Å². The highest BCUT2D eigenvalue weighted by molar-refractivity contribution is 7.90. The predicted octanol–water partition coefficient (Wildman–Crippen LogP) is 6.32. The van der Waals surface area contributed by atoms with E-state index in [9.17, 15) is 8.42 Å². The average Bonchev–Trinajstić information content (AvgIpc) is 3.38. The van der Waals surface area contributed by atoms with Gasteiger partial charge < -0.3 is 4.90 Å². The van der Waals surface area contributed by atoms with Crippen molar-refractivity contribution in [1.29, 1.82) is 0 Å². The van der Waals surface area contributed by atoms with Crippen LogP contribution in [-0.2, 0) is 23.1 Å². The standard InChI is InChI=1S/C33H40N4O2S/c38-40(39,31-16-5-2-6-17-31)37-25-28(32-18-7-8-19-33(32)37)24-35(26-29-13-9-10-20-34-29)22-27-12-11-21-36(23-27)30-14-3-1-4-15-30/h2,5-10,13,16-20,25,27,30H,1,3-4,11-12,14-15,21-24,26H2. The van der Waals surface area contributed by atoms with Crippen LogP contribution in [0.25, 0.3) is 10.9 Å². The normalized spacial score (nSPS) is 19.4. The SMILES string of the molecule is O=S(=O)(c1ccccc1)n1cc(CN(Cc2ccccn2)CC2CCCN(C3CCCCC3)C2)c2ccccc21. The number of rotatable bonds is 9. The fourth-order valence-electron chi connectivity index (χ4n) is 6.78. The fraction of sp³-hybridized carbons (Fsp3) is 0.424. The molecular formula is C33H40N4O2S. The van der Waals surface area contributed by atoms with E-state index in [-0.39, 0.29) is 0 Å². The first-order valence-electron chi connectivity index (χ1n) is 14.8. The molecule has 1 unspecified atom stereocenters. The van der Waals surface area contributed by atoms with Gasteiger partial charge in [-0.15, -0.1) is 0 Å². The second kappa shape index (κ2) is 12.2. The molecule has 3 heterocycles. The lowest BCUT2D eigenvalue weighted by molar-refractivity contribution is 0.0770. The third-order valence-electron chi connectivity index (χ3n) is 8.72. The van der Waals surface area contributed by atoms with E-state index in [1.54, 1.807) is 24.3 Å². The van der Waals surface area contributed by atoms with Crippen molar-refractivity contribution >= 4 is 20.9 Å². The molecule has 0 spiro atoms. The van der Waals surface area contributed by atoms with Crippen molar-refractivity contribution in [3.05, 3.63) is 96.4 Å². The highest BCUT2D eigenvalue weighted by Gasteiger charge is 2.29. The van der Waals surface area contributed by atoms with Crippen LogP contribution in [0.5, 0.6) is 0 Å². The van der Waals surface area contributed by atoms with Gasteiger partial charge in [0.1, 0.15) is 0 Å². The van der Waals surface area contributed by atoms with E-state index in [4.69, 9.17) is 0 Å². The van der Waals surface area contributed by atoms with Crippen LogP contribution in [-0.4, -0.2) is 52.9 Å². The molecule has 40 heavy (non-hydrogen) atoms. The lowest BCUT2D eigenvalue weighted by atomic mass is 9.90. The van der Waals surface area contributed by atoms with Gasteiger partial charge in [-0.05, 0) is 74.0 Å². The van der Waals surface area contributed by atoms with Crippen LogP contribution in [0.15, 0.2) is 90.1 Å². The van der Waals surface area contributed by atoms with E-state index in [1.165, 1.54) is 55.5 Å². The van der Waals surface area contributed by atoms with Crippen LogP contribution in [0.3, 0.4) is 0 Å². The number of benzene rings is 2. The molecule has 0 radical (unpaired) electrons. The Morgan fingerprint density at radius 2 is 1.60 bits per heavy atom. The smallest absolute Gasteiger partial charge is 0.268 e. The molecule has 210 valence electrons. The third kappa shape index (κ3) is 6.02. The Bertz CT molecular complexity index is 1500. The number of hydrogen-bond donors (Lipinski definition) is 0. The van der Waals surface area contributed by atoms with Crippen molar-refractivity contribution in [3.63, 3.8) is 0 Å². The van der Waals surface area contributed by atoms with Crippen LogP contribution < -0.4 is 0 Å². The van der Waals surface area contributed by atoms with Crippen LogP contribution in [0.2, 0.25) is 0 Å². The summed E-state index contributed by atoms with van der Waals surface area (Å²) in [5.41, 5.74) is 2.80. The van der Waals surface area contributed by atoms with Crippen molar-refractivity contribution in [1.82, 2.24) is 18.8 Å². The first kappa shape index (κ1) is 27.2. The van der Waals surface area contributed by atoms with Gasteiger partial charge in [0.15, 0.2) is 0 Å². The molecule has 2 aromatic heterocycles. The molecule has 2 aromatic carbocycles. The summed E-state index contributed by atoms with van der Waals surface area (Å²) in [6, 6.07) is 23.4. The van der Waals surface area contributed by atoms with Crippen LogP contribution in [0.4, 0.5) is 0 Å². The van der Waals surface area contributed by atoms with Crippen LogP contribution in [0.1, 0.15) is 56.2 Å². The van der Waals surface area contributed by atoms with E-state index in [1.807, 2.05) is 54.9 Å². The van der Waals surface area contributed by atoms with Gasteiger partial charge in [0, 0.05) is 50.0 Å². The predicted molar refractivity (Wildman–Crippen MR) is 160 cm³/mol. The molecule has 2 aliphatic rings. The van der Waals surface area contributed by atoms with E-state index in [2.05, 4.69) is 20.9 Å². The second-order valence-corrected chi connectivity index (χ2v) is 13.4. The number of hydrogen-bond acceptors (Lipinski definition) is 5. The van der Waals surface area contributed by atoms with Crippen molar-refractivity contribution in [2.45, 2.75) is 69.0 Å². The average molecular weight is 557 g/mol. The highest BCUT2D eigenvalue weighted by Crippen LogP contribution is 2.30. The van der Waals surface area contributed by atoms with Gasteiger partial charge in [-0.25, -0.2) is 12.4 Å². The summed E-state index contributed by atoms with van der Waals surface area (Å²) in [4.78, 5) is 10.2. The molecule has 6 rings (SSSR count). The maximum absolute atomic E-state index is 13.7. The summed E-state index contributed by atoms with van der Waals surface area (Å²) in [5, 5.41) is 0.987. The Labute approximate surface area is 238 Å². The molecule has 7 heteroatoms.